The molecule has 4 nitrogen and oxygen atoms in total. The van der Waals surface area contributed by atoms with Crippen LogP contribution >= 0.6 is 0 Å². The van der Waals surface area contributed by atoms with Crippen LogP contribution in [0.4, 0.5) is 18.9 Å². The molecule has 0 radical (unpaired) electrons. The third-order valence-electron chi connectivity index (χ3n) is 5.93. The van der Waals surface area contributed by atoms with Gasteiger partial charge in [-0.25, -0.2) is 21.6 Å². The van der Waals surface area contributed by atoms with Crippen molar-refractivity contribution >= 4 is 15.7 Å². The zero-order chi connectivity index (χ0) is 23.6. The van der Waals surface area contributed by atoms with Crippen LogP contribution in [0.3, 0.4) is 0 Å². The summed E-state index contributed by atoms with van der Waals surface area (Å²) in [6, 6.07) is 15.4. The molecule has 3 aromatic rings. The maximum atomic E-state index is 14.1. The zero-order valence-electron chi connectivity index (χ0n) is 18.2. The number of likely N-dealkylation sites (tertiary alicyclic amines) is 1. The number of aryl methyl sites for hydroxylation is 1. The summed E-state index contributed by atoms with van der Waals surface area (Å²) in [4.78, 5) is 2.21. The van der Waals surface area contributed by atoms with E-state index in [-0.39, 0.29) is 10.9 Å². The van der Waals surface area contributed by atoms with Gasteiger partial charge in [-0.1, -0.05) is 18.2 Å². The van der Waals surface area contributed by atoms with E-state index in [0.29, 0.717) is 43.7 Å². The predicted octanol–water partition coefficient (Wildman–Crippen LogP) is 5.27. The Morgan fingerprint density at radius 2 is 1.58 bits per heavy atom. The van der Waals surface area contributed by atoms with E-state index in [0.717, 1.165) is 11.6 Å². The highest BCUT2D eigenvalue weighted by molar-refractivity contribution is 7.92. The van der Waals surface area contributed by atoms with Gasteiger partial charge in [-0.2, -0.15) is 0 Å². The zero-order valence-corrected chi connectivity index (χ0v) is 19.0. The van der Waals surface area contributed by atoms with Crippen molar-refractivity contribution in [3.05, 3.63) is 95.3 Å². The van der Waals surface area contributed by atoms with Crippen molar-refractivity contribution in [3.8, 4) is 0 Å². The normalized spacial score (nSPS) is 15.5. The molecule has 1 saturated heterocycles. The van der Waals surface area contributed by atoms with Crippen LogP contribution in [0.15, 0.2) is 71.6 Å². The minimum atomic E-state index is -3.89. The molecule has 1 aliphatic heterocycles. The first kappa shape index (κ1) is 23.3. The van der Waals surface area contributed by atoms with Crippen molar-refractivity contribution in [2.75, 3.05) is 17.4 Å². The van der Waals surface area contributed by atoms with Crippen LogP contribution in [0, 0.1) is 24.4 Å². The van der Waals surface area contributed by atoms with Crippen molar-refractivity contribution < 1.29 is 21.6 Å². The van der Waals surface area contributed by atoms with Gasteiger partial charge in [0.15, 0.2) is 0 Å². The Hall–Kier alpha value is -2.84. The minimum absolute atomic E-state index is 0.183. The molecule has 4 rings (SSSR count). The molecule has 0 aromatic heterocycles. The van der Waals surface area contributed by atoms with E-state index in [1.54, 1.807) is 18.2 Å². The van der Waals surface area contributed by atoms with Crippen LogP contribution in [0.2, 0.25) is 0 Å². The lowest BCUT2D eigenvalue weighted by molar-refractivity contribution is 0.204. The maximum absolute atomic E-state index is 14.1. The molecule has 0 atom stereocenters. The third-order valence-corrected chi connectivity index (χ3v) is 7.80. The highest BCUT2D eigenvalue weighted by Gasteiger charge is 2.34. The average molecular weight is 475 g/mol. The first-order valence-electron chi connectivity index (χ1n) is 10.8. The topological polar surface area (TPSA) is 40.6 Å². The Labute approximate surface area is 192 Å². The van der Waals surface area contributed by atoms with E-state index in [9.17, 15) is 21.6 Å². The Kier molecular flexibility index (Phi) is 6.76. The number of sulfonamides is 1. The molecule has 1 fully saturated rings. The summed E-state index contributed by atoms with van der Waals surface area (Å²) in [5.74, 6) is -1.65. The fourth-order valence-electron chi connectivity index (χ4n) is 4.23. The molecule has 33 heavy (non-hydrogen) atoms. The fourth-order valence-corrected chi connectivity index (χ4v) is 6.04. The maximum Gasteiger partial charge on any atom is 0.264 e. The number of nitrogens with zero attached hydrogens (tertiary/aromatic N) is 2. The monoisotopic (exact) mass is 474 g/mol. The molecule has 0 saturated carbocycles. The lowest BCUT2D eigenvalue weighted by Crippen LogP contribution is -2.47. The van der Waals surface area contributed by atoms with E-state index in [1.807, 2.05) is 17.9 Å². The lowest BCUT2D eigenvalue weighted by atomic mass is 10.0. The first-order chi connectivity index (χ1) is 15.7. The van der Waals surface area contributed by atoms with Gasteiger partial charge in [0.05, 0.1) is 10.6 Å². The lowest BCUT2D eigenvalue weighted by Gasteiger charge is -2.39. The summed E-state index contributed by atoms with van der Waals surface area (Å²) >= 11 is 0. The Morgan fingerprint density at radius 1 is 0.909 bits per heavy atom. The predicted molar refractivity (Wildman–Crippen MR) is 122 cm³/mol. The van der Waals surface area contributed by atoms with Crippen LogP contribution in [0.1, 0.15) is 24.0 Å². The molecular formula is C25H25F3N2O2S. The second-order valence-electron chi connectivity index (χ2n) is 8.34. The van der Waals surface area contributed by atoms with Crippen LogP contribution < -0.4 is 4.31 Å². The molecule has 8 heteroatoms. The number of halogens is 3. The number of benzene rings is 3. The van der Waals surface area contributed by atoms with E-state index in [1.165, 1.54) is 40.7 Å². The van der Waals surface area contributed by atoms with Crippen LogP contribution in [0.25, 0.3) is 0 Å². The van der Waals surface area contributed by atoms with Gasteiger partial charge >= 0.3 is 0 Å². The number of anilines is 1. The number of piperidine rings is 1. The molecule has 3 aromatic carbocycles. The van der Waals surface area contributed by atoms with Crippen LogP contribution in [-0.2, 0) is 16.6 Å². The summed E-state index contributed by atoms with van der Waals surface area (Å²) in [5, 5.41) is 0. The highest BCUT2D eigenvalue weighted by Crippen LogP contribution is 2.31. The van der Waals surface area contributed by atoms with Crippen molar-refractivity contribution in [2.45, 2.75) is 37.2 Å². The van der Waals surface area contributed by atoms with Crippen LogP contribution in [-0.4, -0.2) is 32.4 Å². The van der Waals surface area contributed by atoms with Crippen LogP contribution in [0.5, 0.6) is 0 Å². The smallest absolute Gasteiger partial charge is 0.264 e. The summed E-state index contributed by atoms with van der Waals surface area (Å²) in [7, 11) is -3.89. The minimum Gasteiger partial charge on any atom is -0.299 e. The number of rotatable bonds is 6. The molecule has 0 N–H and O–H groups in total. The van der Waals surface area contributed by atoms with E-state index in [4.69, 9.17) is 0 Å². The second kappa shape index (κ2) is 9.57. The second-order valence-corrected chi connectivity index (χ2v) is 10.2. The summed E-state index contributed by atoms with van der Waals surface area (Å²) < 4.78 is 69.5. The summed E-state index contributed by atoms with van der Waals surface area (Å²) in [6.07, 6.45) is 1.04. The highest BCUT2D eigenvalue weighted by atomic mass is 32.2. The number of hydrogen-bond acceptors (Lipinski definition) is 3. The Morgan fingerprint density at radius 3 is 2.21 bits per heavy atom. The van der Waals surface area contributed by atoms with Crippen molar-refractivity contribution in [1.29, 1.82) is 0 Å². The molecule has 0 spiro atoms. The molecule has 0 bridgehead atoms. The molecule has 0 unspecified atom stereocenters. The van der Waals surface area contributed by atoms with Gasteiger partial charge in [0.1, 0.15) is 17.5 Å². The molecule has 1 aliphatic rings. The summed E-state index contributed by atoms with van der Waals surface area (Å²) in [5.41, 5.74) is 1.63. The van der Waals surface area contributed by atoms with E-state index >= 15 is 0 Å². The SMILES string of the molecule is Cc1cccc(S(=O)(=O)N(c2ccc(F)cc2)C2CCN(Cc3ccc(F)cc3F)CC2)c1. The molecule has 0 aliphatic carbocycles. The van der Waals surface area contributed by atoms with Gasteiger partial charge in [-0.05, 0) is 67.8 Å². The molecule has 0 amide bonds. The van der Waals surface area contributed by atoms with Crippen molar-refractivity contribution in [3.63, 3.8) is 0 Å². The summed E-state index contributed by atoms with van der Waals surface area (Å²) in [6.45, 7) is 3.24. The largest absolute Gasteiger partial charge is 0.299 e. The number of hydrogen-bond donors (Lipinski definition) is 0. The van der Waals surface area contributed by atoms with E-state index < -0.39 is 27.5 Å². The molecular weight excluding hydrogens is 449 g/mol. The quantitative estimate of drug-likeness (QED) is 0.489. The van der Waals surface area contributed by atoms with Crippen molar-refractivity contribution in [1.82, 2.24) is 4.90 Å². The Balaban J connectivity index is 1.58. The van der Waals surface area contributed by atoms with Gasteiger partial charge < -0.3 is 0 Å². The average Bonchev–Trinajstić information content (AvgIpc) is 2.78. The van der Waals surface area contributed by atoms with Gasteiger partial charge in [0, 0.05) is 37.3 Å². The molecule has 1 heterocycles. The Bertz CT molecular complexity index is 1220. The van der Waals surface area contributed by atoms with Gasteiger partial charge in [0.2, 0.25) is 0 Å². The van der Waals surface area contributed by atoms with Gasteiger partial charge in [0.25, 0.3) is 10.0 Å². The molecule has 174 valence electrons. The first-order valence-corrected chi connectivity index (χ1v) is 12.2. The third kappa shape index (κ3) is 5.23. The standard InChI is InChI=1S/C25H25F3N2O2S/c1-18-3-2-4-24(15-18)33(31,32)30(22-9-7-20(26)8-10-22)23-11-13-29(14-12-23)17-19-5-6-21(27)16-25(19)28/h2-10,15-16,23H,11-14,17H2,1H3. The fraction of sp³-hybridized carbons (Fsp3) is 0.280. The van der Waals surface area contributed by atoms with E-state index in [2.05, 4.69) is 0 Å². The van der Waals surface area contributed by atoms with Gasteiger partial charge in [-0.3, -0.25) is 9.21 Å². The van der Waals surface area contributed by atoms with Gasteiger partial charge in [-0.15, -0.1) is 0 Å². The van der Waals surface area contributed by atoms with Crippen molar-refractivity contribution in [2.24, 2.45) is 0 Å².